The molecule has 3 rings (SSSR count). The van der Waals surface area contributed by atoms with Crippen molar-refractivity contribution in [2.24, 2.45) is 0 Å². The molecule has 2 saturated heterocycles. The number of likely N-dealkylation sites (tertiary alicyclic amines) is 1. The first-order valence-corrected chi connectivity index (χ1v) is 10.5. The van der Waals surface area contributed by atoms with Crippen LogP contribution in [-0.2, 0) is 9.59 Å². The van der Waals surface area contributed by atoms with Crippen LogP contribution in [-0.4, -0.2) is 72.3 Å². The van der Waals surface area contributed by atoms with Gasteiger partial charge in [-0.15, -0.1) is 11.3 Å². The van der Waals surface area contributed by atoms with E-state index in [2.05, 4.69) is 20.8 Å². The first-order valence-electron chi connectivity index (χ1n) is 8.84. The second kappa shape index (κ2) is 8.96. The number of hydrogen-bond donors (Lipinski definition) is 0. The minimum atomic E-state index is 0.0530. The lowest BCUT2D eigenvalue weighted by atomic mass is 10.3. The highest BCUT2D eigenvalue weighted by molar-refractivity contribution is 9.11. The number of rotatable bonds is 4. The van der Waals surface area contributed by atoms with Crippen molar-refractivity contribution in [3.63, 3.8) is 0 Å². The third-order valence-electron chi connectivity index (χ3n) is 4.70. The molecule has 1 aromatic rings. The van der Waals surface area contributed by atoms with Crippen LogP contribution in [0, 0.1) is 0 Å². The van der Waals surface area contributed by atoms with Crippen LogP contribution in [0.4, 0.5) is 0 Å². The lowest BCUT2D eigenvalue weighted by Gasteiger charge is -2.23. The Morgan fingerprint density at radius 2 is 1.76 bits per heavy atom. The van der Waals surface area contributed by atoms with Crippen LogP contribution >= 0.6 is 27.3 Å². The maximum Gasteiger partial charge on any atom is 0.246 e. The van der Waals surface area contributed by atoms with E-state index in [0.29, 0.717) is 13.1 Å². The molecular formula is C18H24BrN3O2S. The quantitative estimate of drug-likeness (QED) is 0.696. The largest absolute Gasteiger partial charge is 0.342 e. The average molecular weight is 426 g/mol. The van der Waals surface area contributed by atoms with Gasteiger partial charge in [0.05, 0.1) is 10.3 Å². The SMILES string of the molecule is O=C(C=Cc1ccc(Br)s1)N1CCCN(CC(=O)N2CCCC2)CC1. The van der Waals surface area contributed by atoms with Crippen molar-refractivity contribution in [3.8, 4) is 0 Å². The van der Waals surface area contributed by atoms with E-state index in [4.69, 9.17) is 0 Å². The van der Waals surface area contributed by atoms with E-state index in [0.717, 1.165) is 60.6 Å². The van der Waals surface area contributed by atoms with Gasteiger partial charge in [0, 0.05) is 50.2 Å². The molecule has 1 aromatic heterocycles. The van der Waals surface area contributed by atoms with Crippen molar-refractivity contribution in [2.75, 3.05) is 45.8 Å². The predicted octanol–water partition coefficient (Wildman–Crippen LogP) is 2.68. The number of hydrogen-bond acceptors (Lipinski definition) is 4. The van der Waals surface area contributed by atoms with Crippen molar-refractivity contribution in [2.45, 2.75) is 19.3 Å². The molecule has 0 atom stereocenters. The summed E-state index contributed by atoms with van der Waals surface area (Å²) < 4.78 is 1.06. The van der Waals surface area contributed by atoms with Crippen molar-refractivity contribution in [1.82, 2.24) is 14.7 Å². The highest BCUT2D eigenvalue weighted by Gasteiger charge is 2.23. The van der Waals surface area contributed by atoms with E-state index in [1.807, 2.05) is 28.0 Å². The predicted molar refractivity (Wildman–Crippen MR) is 105 cm³/mol. The van der Waals surface area contributed by atoms with Crippen molar-refractivity contribution >= 4 is 45.2 Å². The molecule has 0 aliphatic carbocycles. The minimum absolute atomic E-state index is 0.0530. The summed E-state index contributed by atoms with van der Waals surface area (Å²) in [7, 11) is 0. The van der Waals surface area contributed by atoms with Gasteiger partial charge in [-0.25, -0.2) is 0 Å². The molecule has 0 aromatic carbocycles. The molecular weight excluding hydrogens is 402 g/mol. The van der Waals surface area contributed by atoms with Gasteiger partial charge < -0.3 is 9.80 Å². The van der Waals surface area contributed by atoms with Crippen LogP contribution in [0.25, 0.3) is 6.08 Å². The third-order valence-corrected chi connectivity index (χ3v) is 6.29. The van der Waals surface area contributed by atoms with Crippen LogP contribution in [0.1, 0.15) is 24.1 Å². The molecule has 2 aliphatic heterocycles. The normalized spacial score (nSPS) is 19.6. The Balaban J connectivity index is 1.48. The van der Waals surface area contributed by atoms with Crippen LogP contribution in [0.3, 0.4) is 0 Å². The second-order valence-corrected chi connectivity index (χ2v) is 9.01. The fourth-order valence-electron chi connectivity index (χ4n) is 3.28. The van der Waals surface area contributed by atoms with Crippen molar-refractivity contribution in [3.05, 3.63) is 26.9 Å². The molecule has 0 N–H and O–H groups in total. The molecule has 0 bridgehead atoms. The zero-order valence-corrected chi connectivity index (χ0v) is 16.7. The van der Waals surface area contributed by atoms with Crippen LogP contribution in [0.15, 0.2) is 22.0 Å². The van der Waals surface area contributed by atoms with Crippen molar-refractivity contribution < 1.29 is 9.59 Å². The first kappa shape index (κ1) is 18.6. The van der Waals surface area contributed by atoms with E-state index in [1.54, 1.807) is 17.4 Å². The van der Waals surface area contributed by atoms with Gasteiger partial charge in [-0.2, -0.15) is 0 Å². The van der Waals surface area contributed by atoms with E-state index >= 15 is 0 Å². The fraction of sp³-hybridized carbons (Fsp3) is 0.556. The van der Waals surface area contributed by atoms with Gasteiger partial charge in [-0.3, -0.25) is 14.5 Å². The molecule has 5 nitrogen and oxygen atoms in total. The average Bonchev–Trinajstić information content (AvgIpc) is 3.22. The van der Waals surface area contributed by atoms with Gasteiger partial charge in [0.1, 0.15) is 0 Å². The highest BCUT2D eigenvalue weighted by Crippen LogP contribution is 2.23. The summed E-state index contributed by atoms with van der Waals surface area (Å²) in [5.41, 5.74) is 0. The Labute approximate surface area is 161 Å². The molecule has 0 spiro atoms. The van der Waals surface area contributed by atoms with Gasteiger partial charge in [0.2, 0.25) is 11.8 Å². The monoisotopic (exact) mass is 425 g/mol. The summed E-state index contributed by atoms with van der Waals surface area (Å²) >= 11 is 5.04. The molecule has 2 amide bonds. The maximum absolute atomic E-state index is 12.4. The molecule has 2 fully saturated rings. The number of amides is 2. The van der Waals surface area contributed by atoms with Crippen LogP contribution < -0.4 is 0 Å². The van der Waals surface area contributed by atoms with E-state index in [9.17, 15) is 9.59 Å². The first-order chi connectivity index (χ1) is 12.1. The molecule has 2 aliphatic rings. The second-order valence-electron chi connectivity index (χ2n) is 6.52. The Morgan fingerprint density at radius 3 is 2.48 bits per heavy atom. The lowest BCUT2D eigenvalue weighted by Crippen LogP contribution is -2.41. The van der Waals surface area contributed by atoms with Crippen LogP contribution in [0.2, 0.25) is 0 Å². The van der Waals surface area contributed by atoms with Gasteiger partial charge in [-0.1, -0.05) is 0 Å². The standard InChI is InChI=1S/C18H24BrN3O2S/c19-16-6-4-15(25-16)5-7-17(23)22-11-3-8-20(12-13-22)14-18(24)21-9-1-2-10-21/h4-7H,1-3,8-14H2. The van der Waals surface area contributed by atoms with Gasteiger partial charge in [-0.05, 0) is 53.4 Å². The Hall–Kier alpha value is -1.18. The molecule has 7 heteroatoms. The summed E-state index contributed by atoms with van der Waals surface area (Å²) in [4.78, 5) is 31.8. The summed E-state index contributed by atoms with van der Waals surface area (Å²) in [6.07, 6.45) is 6.69. The maximum atomic E-state index is 12.4. The molecule has 0 unspecified atom stereocenters. The number of carbonyl (C=O) groups is 2. The molecule has 0 saturated carbocycles. The molecule has 0 radical (unpaired) electrons. The zero-order valence-electron chi connectivity index (χ0n) is 14.3. The van der Waals surface area contributed by atoms with Gasteiger partial charge >= 0.3 is 0 Å². The fourth-order valence-corrected chi connectivity index (χ4v) is 4.61. The molecule has 3 heterocycles. The molecule has 25 heavy (non-hydrogen) atoms. The molecule has 136 valence electrons. The van der Waals surface area contributed by atoms with Gasteiger partial charge in [0.25, 0.3) is 0 Å². The number of nitrogens with zero attached hydrogens (tertiary/aromatic N) is 3. The number of halogens is 1. The van der Waals surface area contributed by atoms with Crippen molar-refractivity contribution in [1.29, 1.82) is 0 Å². The number of carbonyl (C=O) groups excluding carboxylic acids is 2. The van der Waals surface area contributed by atoms with E-state index in [-0.39, 0.29) is 11.8 Å². The third kappa shape index (κ3) is 5.39. The highest BCUT2D eigenvalue weighted by atomic mass is 79.9. The number of thiophene rings is 1. The Morgan fingerprint density at radius 1 is 1.00 bits per heavy atom. The Kier molecular flexibility index (Phi) is 6.67. The van der Waals surface area contributed by atoms with E-state index < -0.39 is 0 Å². The summed E-state index contributed by atoms with van der Waals surface area (Å²) in [6, 6.07) is 3.97. The Bertz CT molecular complexity index is 640. The topological polar surface area (TPSA) is 43.9 Å². The van der Waals surface area contributed by atoms with Gasteiger partial charge in [0.15, 0.2) is 0 Å². The minimum Gasteiger partial charge on any atom is -0.342 e. The van der Waals surface area contributed by atoms with Crippen LogP contribution in [0.5, 0.6) is 0 Å². The lowest BCUT2D eigenvalue weighted by molar-refractivity contribution is -0.131. The summed E-state index contributed by atoms with van der Waals surface area (Å²) in [5, 5.41) is 0. The zero-order chi connectivity index (χ0) is 17.6. The smallest absolute Gasteiger partial charge is 0.246 e. The summed E-state index contributed by atoms with van der Waals surface area (Å²) in [6.45, 7) is 5.38. The summed E-state index contributed by atoms with van der Waals surface area (Å²) in [5.74, 6) is 0.290. The van der Waals surface area contributed by atoms with E-state index in [1.165, 1.54) is 0 Å².